The molecule has 0 aliphatic carbocycles. The van der Waals surface area contributed by atoms with Gasteiger partial charge in [-0.15, -0.1) is 0 Å². The Hall–Kier alpha value is -1.10. The number of hydrogen-bond acceptors (Lipinski definition) is 8. The smallest absolute Gasteiger partial charge is 0.0991 e. The van der Waals surface area contributed by atoms with Crippen LogP contribution in [0.5, 0.6) is 0 Å². The summed E-state index contributed by atoms with van der Waals surface area (Å²) in [7, 11) is 0. The largest absolute Gasteiger partial charge is 0.396 e. The molecule has 19 heavy (non-hydrogen) atoms. The van der Waals surface area contributed by atoms with Gasteiger partial charge in [-0.2, -0.15) is 15.4 Å². The summed E-state index contributed by atoms with van der Waals surface area (Å²) in [5.41, 5.74) is 10.4. The van der Waals surface area contributed by atoms with Crippen LogP contribution in [-0.4, -0.2) is 67.8 Å². The predicted octanol–water partition coefficient (Wildman–Crippen LogP) is -2.76. The van der Waals surface area contributed by atoms with Gasteiger partial charge in [-0.05, 0) is 12.8 Å². The van der Waals surface area contributed by atoms with Crippen molar-refractivity contribution in [2.24, 2.45) is 11.5 Å². The van der Waals surface area contributed by atoms with Crippen molar-refractivity contribution in [3.05, 3.63) is 11.9 Å². The van der Waals surface area contributed by atoms with Crippen molar-refractivity contribution in [1.29, 1.82) is 0 Å². The van der Waals surface area contributed by atoms with E-state index in [9.17, 15) is 0 Å². The summed E-state index contributed by atoms with van der Waals surface area (Å²) in [6.45, 7) is -1.04. The molecule has 0 radical (unpaired) electrons. The topological polar surface area (TPSA) is 175 Å². The van der Waals surface area contributed by atoms with Crippen LogP contribution >= 0.6 is 0 Å². The van der Waals surface area contributed by atoms with E-state index in [4.69, 9.17) is 31.9 Å². The second-order valence-corrected chi connectivity index (χ2v) is 4.20. The van der Waals surface area contributed by atoms with Gasteiger partial charge in [0.15, 0.2) is 0 Å². The highest BCUT2D eigenvalue weighted by molar-refractivity contribution is 4.97. The highest BCUT2D eigenvalue weighted by Gasteiger charge is 2.20. The van der Waals surface area contributed by atoms with Gasteiger partial charge in [-0.1, -0.05) is 0 Å². The molecule has 0 aliphatic heterocycles. The molecular formula is C10H23N5O4. The van der Waals surface area contributed by atoms with Crippen LogP contribution in [0.25, 0.3) is 0 Å². The van der Waals surface area contributed by atoms with Gasteiger partial charge in [0.1, 0.15) is 0 Å². The lowest BCUT2D eigenvalue weighted by atomic mass is 10.1. The molecule has 0 aliphatic rings. The maximum Gasteiger partial charge on any atom is 0.0991 e. The molecule has 1 rings (SSSR count). The van der Waals surface area contributed by atoms with E-state index in [1.54, 1.807) is 6.20 Å². The molecule has 1 aromatic rings. The van der Waals surface area contributed by atoms with Crippen LogP contribution in [0.3, 0.4) is 0 Å². The Morgan fingerprint density at radius 3 is 2.11 bits per heavy atom. The van der Waals surface area contributed by atoms with Crippen LogP contribution in [0.4, 0.5) is 0 Å². The number of aromatic nitrogens is 3. The third-order valence-electron chi connectivity index (χ3n) is 2.43. The molecule has 112 valence electrons. The molecule has 0 saturated carbocycles. The van der Waals surface area contributed by atoms with Crippen LogP contribution in [-0.2, 0) is 0 Å². The fourth-order valence-corrected chi connectivity index (χ4v) is 0.998. The lowest BCUT2D eigenvalue weighted by Crippen LogP contribution is -2.50. The van der Waals surface area contributed by atoms with Gasteiger partial charge in [0.05, 0.1) is 43.3 Å². The van der Waals surface area contributed by atoms with Gasteiger partial charge in [0, 0.05) is 6.61 Å². The third kappa shape index (κ3) is 7.15. The number of aliphatic hydroxyl groups is 4. The Balaban J connectivity index is 0.000000362. The molecule has 1 atom stereocenters. The molecule has 0 fully saturated rings. The van der Waals surface area contributed by atoms with Crippen LogP contribution in [0, 0.1) is 0 Å². The fraction of sp³-hybridized carbons (Fsp3) is 0.800. The van der Waals surface area contributed by atoms with Gasteiger partial charge >= 0.3 is 0 Å². The minimum Gasteiger partial charge on any atom is -0.396 e. The van der Waals surface area contributed by atoms with Gasteiger partial charge < -0.3 is 31.9 Å². The number of hydrogen-bond donors (Lipinski definition) is 7. The first-order valence-electron chi connectivity index (χ1n) is 5.86. The van der Waals surface area contributed by atoms with Gasteiger partial charge in [-0.3, -0.25) is 0 Å². The van der Waals surface area contributed by atoms with Crippen molar-refractivity contribution in [2.75, 3.05) is 26.4 Å². The zero-order valence-corrected chi connectivity index (χ0v) is 10.7. The summed E-state index contributed by atoms with van der Waals surface area (Å²) in [5, 5.41) is 43.5. The van der Waals surface area contributed by atoms with Crippen molar-refractivity contribution in [3.8, 4) is 0 Å². The van der Waals surface area contributed by atoms with E-state index >= 15 is 0 Å². The quantitative estimate of drug-likeness (QED) is 0.280. The lowest BCUT2D eigenvalue weighted by Gasteiger charge is -2.20. The van der Waals surface area contributed by atoms with E-state index in [1.165, 1.54) is 0 Å². The maximum atomic E-state index is 8.51. The summed E-state index contributed by atoms with van der Waals surface area (Å²) in [6, 6.07) is -0.110. The van der Waals surface area contributed by atoms with Gasteiger partial charge in [0.25, 0.3) is 0 Å². The third-order valence-corrected chi connectivity index (χ3v) is 2.43. The lowest BCUT2D eigenvalue weighted by molar-refractivity contribution is 0.0698. The minimum absolute atomic E-state index is 0.110. The Labute approximate surface area is 111 Å². The maximum absolute atomic E-state index is 8.51. The Morgan fingerprint density at radius 2 is 1.79 bits per heavy atom. The molecule has 0 amide bonds. The van der Waals surface area contributed by atoms with Crippen molar-refractivity contribution < 1.29 is 20.4 Å². The number of nitrogens with zero attached hydrogens (tertiary/aromatic N) is 2. The molecule has 9 nitrogen and oxygen atoms in total. The summed E-state index contributed by atoms with van der Waals surface area (Å²) >= 11 is 0. The Bertz CT molecular complexity index is 297. The first-order chi connectivity index (χ1) is 9.02. The van der Waals surface area contributed by atoms with Crippen molar-refractivity contribution in [1.82, 2.24) is 15.4 Å². The van der Waals surface area contributed by atoms with E-state index < -0.39 is 25.4 Å². The number of aromatic amines is 1. The first-order valence-corrected chi connectivity index (χ1v) is 5.86. The van der Waals surface area contributed by atoms with Gasteiger partial charge in [0.2, 0.25) is 0 Å². The predicted molar refractivity (Wildman–Crippen MR) is 67.8 cm³/mol. The second-order valence-electron chi connectivity index (χ2n) is 4.20. The molecule has 0 bridgehead atoms. The van der Waals surface area contributed by atoms with E-state index in [0.717, 1.165) is 12.1 Å². The van der Waals surface area contributed by atoms with E-state index in [2.05, 4.69) is 15.4 Å². The molecule has 1 aromatic heterocycles. The fourth-order valence-electron chi connectivity index (χ4n) is 0.998. The molecule has 9 N–H and O–H groups in total. The zero-order chi connectivity index (χ0) is 14.7. The minimum atomic E-state index is -1.21. The monoisotopic (exact) mass is 277 g/mol. The van der Waals surface area contributed by atoms with Crippen molar-refractivity contribution in [2.45, 2.75) is 24.4 Å². The van der Waals surface area contributed by atoms with E-state index in [-0.39, 0.29) is 12.6 Å². The molecule has 1 heterocycles. The van der Waals surface area contributed by atoms with Crippen LogP contribution in [0.2, 0.25) is 0 Å². The standard InChI is InChI=1S/C6H12N4O.C4H11NO3/c7-5(2-1-3-11)6-4-8-10-9-6;5-4(1-6,2-7)3-8/h4-5,11H,1-3,7H2,(H,8,9,10);6-8H,1-3,5H2. The summed E-state index contributed by atoms with van der Waals surface area (Å²) in [4.78, 5) is 0. The summed E-state index contributed by atoms with van der Waals surface area (Å²) < 4.78 is 0. The first kappa shape index (κ1) is 17.9. The van der Waals surface area contributed by atoms with E-state index in [1.807, 2.05) is 0 Å². The normalized spacial score (nSPS) is 12.7. The molecule has 0 saturated heterocycles. The molecule has 1 unspecified atom stereocenters. The number of rotatable bonds is 7. The van der Waals surface area contributed by atoms with Gasteiger partial charge in [-0.25, -0.2) is 0 Å². The molecule has 0 aromatic carbocycles. The number of H-pyrrole nitrogens is 1. The van der Waals surface area contributed by atoms with Crippen molar-refractivity contribution in [3.63, 3.8) is 0 Å². The highest BCUT2D eigenvalue weighted by Crippen LogP contribution is 2.10. The number of nitrogens with one attached hydrogen (secondary N) is 1. The summed E-state index contributed by atoms with van der Waals surface area (Å²) in [5.74, 6) is 0. The number of aliphatic hydroxyl groups excluding tert-OH is 4. The van der Waals surface area contributed by atoms with Crippen molar-refractivity contribution >= 4 is 0 Å². The number of nitrogens with two attached hydrogens (primary N) is 2. The average Bonchev–Trinajstić information content (AvgIpc) is 2.99. The SMILES string of the molecule is NC(CCCO)c1cn[nH]n1.NC(CO)(CO)CO. The molecule has 0 spiro atoms. The Kier molecular flexibility index (Phi) is 9.21. The van der Waals surface area contributed by atoms with E-state index in [0.29, 0.717) is 6.42 Å². The Morgan fingerprint density at radius 1 is 1.21 bits per heavy atom. The molecular weight excluding hydrogens is 254 g/mol. The van der Waals surface area contributed by atoms with Crippen LogP contribution in [0.1, 0.15) is 24.6 Å². The van der Waals surface area contributed by atoms with Crippen LogP contribution in [0.15, 0.2) is 6.20 Å². The average molecular weight is 277 g/mol. The summed E-state index contributed by atoms with van der Waals surface area (Å²) in [6.07, 6.45) is 3.04. The zero-order valence-electron chi connectivity index (χ0n) is 10.7. The molecule has 9 heteroatoms. The highest BCUT2D eigenvalue weighted by atomic mass is 16.3. The second kappa shape index (κ2) is 9.78. The van der Waals surface area contributed by atoms with Crippen LogP contribution < -0.4 is 11.5 Å².